The molecule has 1 aromatic heterocycles. The molecule has 1 amide bonds. The number of aryl methyl sites for hydroxylation is 1. The van der Waals surface area contributed by atoms with Crippen molar-refractivity contribution in [3.05, 3.63) is 57.6 Å². The summed E-state index contributed by atoms with van der Waals surface area (Å²) in [5.74, 6) is 0.0690. The van der Waals surface area contributed by atoms with Crippen LogP contribution in [0.4, 0.5) is 4.39 Å². The Labute approximate surface area is 142 Å². The number of amides is 1. The Hall–Kier alpha value is -1.82. The molecule has 0 bridgehead atoms. The van der Waals surface area contributed by atoms with E-state index in [2.05, 4.69) is 31.4 Å². The van der Waals surface area contributed by atoms with E-state index in [1.165, 1.54) is 31.2 Å². The zero-order valence-electron chi connectivity index (χ0n) is 12.7. The molecule has 3 rings (SSSR count). The Kier molecular flexibility index (Phi) is 4.71. The highest BCUT2D eigenvalue weighted by Gasteiger charge is 2.28. The van der Waals surface area contributed by atoms with Crippen LogP contribution in [0, 0.1) is 18.7 Å². The van der Waals surface area contributed by atoms with Crippen molar-refractivity contribution in [1.29, 1.82) is 0 Å². The molecule has 23 heavy (non-hydrogen) atoms. The Morgan fingerprint density at radius 2 is 2.17 bits per heavy atom. The molecule has 1 atom stereocenters. The Balaban J connectivity index is 1.82. The van der Waals surface area contributed by atoms with Gasteiger partial charge in [0.2, 0.25) is 0 Å². The summed E-state index contributed by atoms with van der Waals surface area (Å²) in [7, 11) is 0. The van der Waals surface area contributed by atoms with Gasteiger partial charge in [-0.25, -0.2) is 4.39 Å². The summed E-state index contributed by atoms with van der Waals surface area (Å²) < 4.78 is 14.4. The summed E-state index contributed by atoms with van der Waals surface area (Å²) in [6.45, 7) is 1.79. The van der Waals surface area contributed by atoms with E-state index in [4.69, 9.17) is 0 Å². The van der Waals surface area contributed by atoms with Gasteiger partial charge in [0, 0.05) is 4.47 Å². The third kappa shape index (κ3) is 4.34. The van der Waals surface area contributed by atoms with E-state index in [1.54, 1.807) is 13.0 Å². The minimum Gasteiger partial charge on any atom is -0.345 e. The molecule has 120 valence electrons. The van der Waals surface area contributed by atoms with Crippen LogP contribution in [0.25, 0.3) is 0 Å². The summed E-state index contributed by atoms with van der Waals surface area (Å²) in [6.07, 6.45) is 4.59. The van der Waals surface area contributed by atoms with Crippen molar-refractivity contribution in [3.8, 4) is 0 Å². The topological polar surface area (TPSA) is 54.9 Å². The van der Waals surface area contributed by atoms with Crippen LogP contribution in [0.2, 0.25) is 0 Å². The van der Waals surface area contributed by atoms with E-state index >= 15 is 0 Å². The predicted octanol–water partition coefficient (Wildman–Crippen LogP) is 3.96. The molecule has 1 aliphatic carbocycles. The molecule has 1 saturated carbocycles. The van der Waals surface area contributed by atoms with Gasteiger partial charge in [0.15, 0.2) is 0 Å². The van der Waals surface area contributed by atoms with Gasteiger partial charge in [0.25, 0.3) is 5.91 Å². The molecule has 4 nitrogen and oxygen atoms in total. The zero-order chi connectivity index (χ0) is 16.4. The summed E-state index contributed by atoms with van der Waals surface area (Å²) in [5.41, 5.74) is 1.93. The van der Waals surface area contributed by atoms with E-state index in [0.29, 0.717) is 21.6 Å². The first-order valence-corrected chi connectivity index (χ1v) is 8.37. The maximum atomic E-state index is 13.7. The van der Waals surface area contributed by atoms with E-state index in [0.717, 1.165) is 12.0 Å². The molecule has 0 aliphatic heterocycles. The second-order valence-electron chi connectivity index (χ2n) is 5.99. The van der Waals surface area contributed by atoms with Crippen LogP contribution in [0.5, 0.6) is 0 Å². The minimum atomic E-state index is -0.314. The van der Waals surface area contributed by atoms with Crippen molar-refractivity contribution < 1.29 is 9.18 Å². The number of hydrogen-bond acceptors (Lipinski definition) is 3. The second kappa shape index (κ2) is 6.74. The third-order valence-electron chi connectivity index (χ3n) is 3.90. The van der Waals surface area contributed by atoms with E-state index in [-0.39, 0.29) is 17.8 Å². The van der Waals surface area contributed by atoms with Crippen molar-refractivity contribution in [3.63, 3.8) is 0 Å². The first-order valence-electron chi connectivity index (χ1n) is 7.57. The quantitative estimate of drug-likeness (QED) is 0.857. The van der Waals surface area contributed by atoms with Gasteiger partial charge in [0.05, 0.1) is 23.5 Å². The minimum absolute atomic E-state index is 0.213. The molecule has 0 radical (unpaired) electrons. The van der Waals surface area contributed by atoms with Crippen LogP contribution < -0.4 is 5.32 Å². The van der Waals surface area contributed by atoms with Crippen LogP contribution in [-0.2, 0) is 0 Å². The van der Waals surface area contributed by atoms with Gasteiger partial charge in [-0.1, -0.05) is 28.8 Å². The van der Waals surface area contributed by atoms with Gasteiger partial charge >= 0.3 is 0 Å². The van der Waals surface area contributed by atoms with Crippen LogP contribution in [0.3, 0.4) is 0 Å². The molecule has 1 unspecified atom stereocenters. The second-order valence-corrected chi connectivity index (χ2v) is 6.91. The molecule has 1 aliphatic rings. The van der Waals surface area contributed by atoms with Crippen molar-refractivity contribution in [2.24, 2.45) is 5.92 Å². The number of benzene rings is 1. The number of rotatable bonds is 5. The number of carbonyl (C=O) groups excluding carboxylic acids is 1. The van der Waals surface area contributed by atoms with Gasteiger partial charge in [-0.3, -0.25) is 4.79 Å². The van der Waals surface area contributed by atoms with Crippen LogP contribution in [0.15, 0.2) is 34.9 Å². The summed E-state index contributed by atoms with van der Waals surface area (Å²) in [5, 5.41) is 10.7. The lowest BCUT2D eigenvalue weighted by Crippen LogP contribution is -2.29. The van der Waals surface area contributed by atoms with Crippen LogP contribution in [0.1, 0.15) is 46.9 Å². The Morgan fingerprint density at radius 3 is 2.83 bits per heavy atom. The molecule has 1 heterocycles. The standard InChI is InChI=1S/C17H17BrFN3O/c1-10-4-13(9-20-22-10)17(23)21-16(5-11-2-3-11)12-6-14(18)8-15(19)7-12/h4,6-9,11,16H,2-3,5H2,1H3,(H,21,23). The maximum Gasteiger partial charge on any atom is 0.253 e. The first-order chi connectivity index (χ1) is 11.0. The first kappa shape index (κ1) is 16.1. The zero-order valence-corrected chi connectivity index (χ0v) is 14.3. The third-order valence-corrected chi connectivity index (χ3v) is 4.36. The smallest absolute Gasteiger partial charge is 0.253 e. The monoisotopic (exact) mass is 377 g/mol. The lowest BCUT2D eigenvalue weighted by Gasteiger charge is -2.19. The summed E-state index contributed by atoms with van der Waals surface area (Å²) >= 11 is 3.31. The lowest BCUT2D eigenvalue weighted by atomic mass is 10.0. The van der Waals surface area contributed by atoms with Crippen molar-refractivity contribution >= 4 is 21.8 Å². The number of nitrogens with zero attached hydrogens (tertiary/aromatic N) is 2. The molecule has 0 spiro atoms. The Morgan fingerprint density at radius 1 is 1.39 bits per heavy atom. The molecule has 1 aromatic carbocycles. The molecule has 2 aromatic rings. The summed E-state index contributed by atoms with van der Waals surface area (Å²) in [4.78, 5) is 12.5. The highest BCUT2D eigenvalue weighted by molar-refractivity contribution is 9.10. The number of halogens is 2. The van der Waals surface area contributed by atoms with Gasteiger partial charge in [-0.15, -0.1) is 0 Å². The maximum absolute atomic E-state index is 13.7. The van der Waals surface area contributed by atoms with E-state index in [9.17, 15) is 9.18 Å². The fourth-order valence-corrected chi connectivity index (χ4v) is 3.06. The highest BCUT2D eigenvalue weighted by atomic mass is 79.9. The number of aromatic nitrogens is 2. The summed E-state index contributed by atoms with van der Waals surface area (Å²) in [6, 6.07) is 6.23. The molecular formula is C17H17BrFN3O. The van der Waals surface area contributed by atoms with Gasteiger partial charge in [-0.05, 0) is 49.1 Å². The predicted molar refractivity (Wildman–Crippen MR) is 88.4 cm³/mol. The normalized spacial score (nSPS) is 15.3. The largest absolute Gasteiger partial charge is 0.345 e. The van der Waals surface area contributed by atoms with Crippen molar-refractivity contribution in [2.45, 2.75) is 32.2 Å². The molecule has 1 N–H and O–H groups in total. The number of carbonyl (C=O) groups is 1. The fourth-order valence-electron chi connectivity index (χ4n) is 2.58. The SMILES string of the molecule is Cc1cc(C(=O)NC(CC2CC2)c2cc(F)cc(Br)c2)cnn1. The fraction of sp³-hybridized carbons (Fsp3) is 0.353. The van der Waals surface area contributed by atoms with Gasteiger partial charge in [0.1, 0.15) is 5.82 Å². The van der Waals surface area contributed by atoms with Gasteiger partial charge < -0.3 is 5.32 Å². The average molecular weight is 378 g/mol. The lowest BCUT2D eigenvalue weighted by molar-refractivity contribution is 0.0932. The van der Waals surface area contributed by atoms with Crippen LogP contribution >= 0.6 is 15.9 Å². The number of hydrogen-bond donors (Lipinski definition) is 1. The van der Waals surface area contributed by atoms with Crippen LogP contribution in [-0.4, -0.2) is 16.1 Å². The molecular weight excluding hydrogens is 361 g/mol. The molecule has 1 fully saturated rings. The van der Waals surface area contributed by atoms with Crippen molar-refractivity contribution in [2.75, 3.05) is 0 Å². The molecule has 0 saturated heterocycles. The van der Waals surface area contributed by atoms with Crippen molar-refractivity contribution in [1.82, 2.24) is 15.5 Å². The number of nitrogens with one attached hydrogen (secondary N) is 1. The molecule has 6 heteroatoms. The average Bonchev–Trinajstić information content (AvgIpc) is 3.29. The Bertz CT molecular complexity index is 713. The van der Waals surface area contributed by atoms with Gasteiger partial charge in [-0.2, -0.15) is 10.2 Å². The van der Waals surface area contributed by atoms with E-state index < -0.39 is 0 Å². The van der Waals surface area contributed by atoms with E-state index in [1.807, 2.05) is 6.07 Å². The highest BCUT2D eigenvalue weighted by Crippen LogP contribution is 2.38.